The number of nitrogens with one attached hydrogen (secondary N) is 1. The molecule has 1 saturated carbocycles. The highest BCUT2D eigenvalue weighted by Gasteiger charge is 2.27. The summed E-state index contributed by atoms with van der Waals surface area (Å²) in [5.74, 6) is 0.0131. The van der Waals surface area contributed by atoms with Gasteiger partial charge in [-0.25, -0.2) is 0 Å². The summed E-state index contributed by atoms with van der Waals surface area (Å²) in [5, 5.41) is 12.1. The molecule has 1 aromatic heterocycles. The van der Waals surface area contributed by atoms with Gasteiger partial charge in [0.2, 0.25) is 5.91 Å². The van der Waals surface area contributed by atoms with Gasteiger partial charge in [-0.3, -0.25) is 4.79 Å². The monoisotopic (exact) mass is 351 g/mol. The second kappa shape index (κ2) is 6.90. The van der Waals surface area contributed by atoms with E-state index in [1.807, 2.05) is 23.7 Å². The van der Waals surface area contributed by atoms with E-state index >= 15 is 0 Å². The Labute approximate surface area is 143 Å². The average Bonchev–Trinajstić information content (AvgIpc) is 3.11. The number of nitrogens with zero attached hydrogens (tertiary/aromatic N) is 3. The van der Waals surface area contributed by atoms with Crippen LogP contribution in [-0.4, -0.2) is 26.7 Å². The van der Waals surface area contributed by atoms with Gasteiger partial charge in [0.1, 0.15) is 6.33 Å². The number of amides is 1. The molecule has 0 radical (unpaired) electrons. The molecule has 3 rings (SSSR count). The maximum Gasteiger partial charge on any atom is 0.227 e. The number of hydrogen-bond acceptors (Lipinski definition) is 5. The summed E-state index contributed by atoms with van der Waals surface area (Å²) in [6.07, 6.45) is 4.14. The number of nitrogens with two attached hydrogens (primary N) is 1. The van der Waals surface area contributed by atoms with Crippen LogP contribution in [0.25, 0.3) is 0 Å². The standard InChI is InChI=1S/C15H18ClN5OS/c1-21-8-18-20-15(21)23-13-5-4-11(7-12(13)16)19-14(22)9-2-3-10(17)6-9/h4-5,7-10H,2-3,6,17H2,1H3,(H,19,22). The van der Waals surface area contributed by atoms with Gasteiger partial charge >= 0.3 is 0 Å². The highest BCUT2D eigenvalue weighted by Crippen LogP contribution is 2.34. The Balaban J connectivity index is 1.67. The van der Waals surface area contributed by atoms with Crippen molar-refractivity contribution in [3.63, 3.8) is 0 Å². The summed E-state index contributed by atoms with van der Waals surface area (Å²) >= 11 is 7.74. The number of carbonyl (C=O) groups is 1. The number of carbonyl (C=O) groups excluding carboxylic acids is 1. The Kier molecular flexibility index (Phi) is 4.89. The van der Waals surface area contributed by atoms with E-state index in [1.54, 1.807) is 12.4 Å². The predicted octanol–water partition coefficient (Wildman–Crippen LogP) is 2.69. The average molecular weight is 352 g/mol. The Bertz CT molecular complexity index is 720. The van der Waals surface area contributed by atoms with E-state index in [0.717, 1.165) is 29.3 Å². The summed E-state index contributed by atoms with van der Waals surface area (Å²) in [6, 6.07) is 5.61. The number of halogens is 1. The summed E-state index contributed by atoms with van der Waals surface area (Å²) in [7, 11) is 1.87. The van der Waals surface area contributed by atoms with E-state index in [0.29, 0.717) is 10.7 Å². The molecule has 8 heteroatoms. The number of hydrogen-bond donors (Lipinski definition) is 2. The van der Waals surface area contributed by atoms with Gasteiger partial charge in [-0.2, -0.15) is 0 Å². The molecule has 0 bridgehead atoms. The second-order valence-electron chi connectivity index (χ2n) is 5.73. The molecule has 23 heavy (non-hydrogen) atoms. The Morgan fingerprint density at radius 1 is 1.48 bits per heavy atom. The van der Waals surface area contributed by atoms with Gasteiger partial charge < -0.3 is 15.6 Å². The van der Waals surface area contributed by atoms with Gasteiger partial charge in [-0.1, -0.05) is 11.6 Å². The van der Waals surface area contributed by atoms with Crippen LogP contribution in [0, 0.1) is 5.92 Å². The summed E-state index contributed by atoms with van der Waals surface area (Å²) in [4.78, 5) is 13.1. The Hall–Kier alpha value is -1.57. The summed E-state index contributed by atoms with van der Waals surface area (Å²) < 4.78 is 1.82. The molecule has 1 heterocycles. The van der Waals surface area contributed by atoms with E-state index in [9.17, 15) is 4.79 Å². The lowest BCUT2D eigenvalue weighted by atomic mass is 10.1. The maximum atomic E-state index is 12.2. The third-order valence-electron chi connectivity index (χ3n) is 3.91. The van der Waals surface area contributed by atoms with Crippen LogP contribution in [0.3, 0.4) is 0 Å². The van der Waals surface area contributed by atoms with E-state index in [4.69, 9.17) is 17.3 Å². The molecule has 2 aromatic rings. The minimum absolute atomic E-state index is 0.00327. The molecule has 6 nitrogen and oxygen atoms in total. The van der Waals surface area contributed by atoms with Crippen molar-refractivity contribution in [3.05, 3.63) is 29.5 Å². The molecule has 0 spiro atoms. The van der Waals surface area contributed by atoms with Crippen molar-refractivity contribution >= 4 is 35.0 Å². The van der Waals surface area contributed by atoms with Crippen LogP contribution in [0.1, 0.15) is 19.3 Å². The van der Waals surface area contributed by atoms with Gasteiger partial charge in [0.25, 0.3) is 0 Å². The van der Waals surface area contributed by atoms with Crippen LogP contribution >= 0.6 is 23.4 Å². The minimum atomic E-state index is -0.00327. The highest BCUT2D eigenvalue weighted by molar-refractivity contribution is 7.99. The third-order valence-corrected chi connectivity index (χ3v) is 5.47. The number of benzene rings is 1. The minimum Gasteiger partial charge on any atom is -0.328 e. The predicted molar refractivity (Wildman–Crippen MR) is 90.5 cm³/mol. The van der Waals surface area contributed by atoms with Crippen molar-refractivity contribution < 1.29 is 4.79 Å². The van der Waals surface area contributed by atoms with Crippen molar-refractivity contribution in [1.82, 2.24) is 14.8 Å². The lowest BCUT2D eigenvalue weighted by Gasteiger charge is -2.12. The molecule has 2 unspecified atom stereocenters. The Morgan fingerprint density at radius 2 is 2.30 bits per heavy atom. The summed E-state index contributed by atoms with van der Waals surface area (Å²) in [6.45, 7) is 0. The molecule has 1 fully saturated rings. The van der Waals surface area contributed by atoms with Gasteiger partial charge in [-0.15, -0.1) is 10.2 Å². The molecule has 1 amide bonds. The van der Waals surface area contributed by atoms with Crippen molar-refractivity contribution in [2.24, 2.45) is 18.7 Å². The lowest BCUT2D eigenvalue weighted by Crippen LogP contribution is -2.23. The first-order valence-corrected chi connectivity index (χ1v) is 8.60. The fourth-order valence-electron chi connectivity index (χ4n) is 2.62. The normalized spacial score (nSPS) is 20.7. The molecule has 0 saturated heterocycles. The van der Waals surface area contributed by atoms with E-state index in [-0.39, 0.29) is 17.9 Å². The highest BCUT2D eigenvalue weighted by atomic mass is 35.5. The van der Waals surface area contributed by atoms with Gasteiger partial charge in [0.05, 0.1) is 5.02 Å². The van der Waals surface area contributed by atoms with Crippen LogP contribution < -0.4 is 11.1 Å². The fourth-order valence-corrected chi connectivity index (χ4v) is 3.69. The zero-order valence-electron chi connectivity index (χ0n) is 12.7. The smallest absolute Gasteiger partial charge is 0.227 e. The molecule has 0 aliphatic heterocycles. The number of aromatic nitrogens is 3. The zero-order valence-corrected chi connectivity index (χ0v) is 14.3. The SMILES string of the molecule is Cn1cnnc1Sc1ccc(NC(=O)C2CCC(N)C2)cc1Cl. The topological polar surface area (TPSA) is 85.8 Å². The van der Waals surface area contributed by atoms with Crippen molar-refractivity contribution in [1.29, 1.82) is 0 Å². The third kappa shape index (κ3) is 3.85. The van der Waals surface area contributed by atoms with Gasteiger partial charge in [0, 0.05) is 29.6 Å². The largest absolute Gasteiger partial charge is 0.328 e. The molecule has 1 aromatic carbocycles. The van der Waals surface area contributed by atoms with E-state index < -0.39 is 0 Å². The molecular formula is C15H18ClN5OS. The maximum absolute atomic E-state index is 12.2. The van der Waals surface area contributed by atoms with Crippen LogP contribution in [-0.2, 0) is 11.8 Å². The zero-order chi connectivity index (χ0) is 16.4. The van der Waals surface area contributed by atoms with Crippen molar-refractivity contribution in [2.75, 3.05) is 5.32 Å². The van der Waals surface area contributed by atoms with Crippen molar-refractivity contribution in [3.8, 4) is 0 Å². The molecule has 1 aliphatic carbocycles. The molecule has 3 N–H and O–H groups in total. The molecule has 2 atom stereocenters. The van der Waals surface area contributed by atoms with Crippen LogP contribution in [0.2, 0.25) is 5.02 Å². The number of rotatable bonds is 4. The van der Waals surface area contributed by atoms with Crippen LogP contribution in [0.4, 0.5) is 5.69 Å². The molecule has 1 aliphatic rings. The van der Waals surface area contributed by atoms with E-state index in [1.165, 1.54) is 11.8 Å². The number of anilines is 1. The Morgan fingerprint density at radius 3 is 2.91 bits per heavy atom. The van der Waals surface area contributed by atoms with Crippen LogP contribution in [0.5, 0.6) is 0 Å². The van der Waals surface area contributed by atoms with Crippen molar-refractivity contribution in [2.45, 2.75) is 35.4 Å². The quantitative estimate of drug-likeness (QED) is 0.884. The van der Waals surface area contributed by atoms with E-state index in [2.05, 4.69) is 15.5 Å². The fraction of sp³-hybridized carbons (Fsp3) is 0.400. The van der Waals surface area contributed by atoms with Gasteiger partial charge in [0.15, 0.2) is 5.16 Å². The lowest BCUT2D eigenvalue weighted by molar-refractivity contribution is -0.119. The van der Waals surface area contributed by atoms with Crippen LogP contribution in [0.15, 0.2) is 34.6 Å². The summed E-state index contributed by atoms with van der Waals surface area (Å²) in [5.41, 5.74) is 6.56. The second-order valence-corrected chi connectivity index (χ2v) is 7.15. The first-order valence-electron chi connectivity index (χ1n) is 7.41. The molecule has 122 valence electrons. The van der Waals surface area contributed by atoms with Gasteiger partial charge in [-0.05, 0) is 49.2 Å². The first-order chi connectivity index (χ1) is 11.0. The molecular weight excluding hydrogens is 334 g/mol. The number of aryl methyl sites for hydroxylation is 1. The first kappa shape index (κ1) is 16.3.